The van der Waals surface area contributed by atoms with Gasteiger partial charge in [-0.15, -0.1) is 0 Å². The van der Waals surface area contributed by atoms with Crippen LogP contribution in [0.3, 0.4) is 0 Å². The zero-order chi connectivity index (χ0) is 43.9. The van der Waals surface area contributed by atoms with Crippen LogP contribution in [0.25, 0.3) is 0 Å². The van der Waals surface area contributed by atoms with Crippen molar-refractivity contribution in [3.05, 3.63) is 0 Å². The predicted molar refractivity (Wildman–Crippen MR) is 251 cm³/mol. The van der Waals surface area contributed by atoms with Gasteiger partial charge in [-0.1, -0.05) is 193 Å². The summed E-state index contributed by atoms with van der Waals surface area (Å²) in [5.74, 6) is 0. The summed E-state index contributed by atoms with van der Waals surface area (Å²) < 4.78 is 0. The Balaban J connectivity index is 3.42. The van der Waals surface area contributed by atoms with Crippen LogP contribution in [-0.4, -0.2) is 93.7 Å². The smallest absolute Gasteiger partial charge is 0.0436 e. The highest BCUT2D eigenvalue weighted by Gasteiger charge is 2.66. The molecule has 0 unspecified atom stereocenters. The van der Waals surface area contributed by atoms with Crippen LogP contribution >= 0.6 is 0 Å². The number of rotatable bonds is 16. The zero-order valence-electron chi connectivity index (χ0n) is 39.5. The van der Waals surface area contributed by atoms with Gasteiger partial charge in [0.1, 0.15) is 0 Å². The Labute approximate surface area is 371 Å². The highest BCUT2D eigenvalue weighted by atomic mass is 16.3. The molecule has 0 bridgehead atoms. The molecule has 0 aromatic rings. The minimum absolute atomic E-state index is 0.125. The van der Waals surface area contributed by atoms with Gasteiger partial charge in [0.2, 0.25) is 0 Å². The second-order valence-electron chi connectivity index (χ2n) is 19.6. The first kappa shape index (κ1) is 57.7. The second kappa shape index (κ2) is 38.0. The Kier molecular flexibility index (Phi) is 36.5. The summed E-state index contributed by atoms with van der Waals surface area (Å²) in [7, 11) is 0. The lowest BCUT2D eigenvalue weighted by atomic mass is 9.36. The summed E-state index contributed by atoms with van der Waals surface area (Å²) in [6.45, 7) is -1.26. The average molecular weight is 857 g/mol. The molecular formula is C52H104O8. The molecule has 0 amide bonds. The van der Waals surface area contributed by atoms with Crippen molar-refractivity contribution in [1.29, 1.82) is 0 Å². The van der Waals surface area contributed by atoms with E-state index in [0.29, 0.717) is 38.5 Å². The molecule has 8 nitrogen and oxygen atoms in total. The quantitative estimate of drug-likeness (QED) is 0.0761. The van der Waals surface area contributed by atoms with E-state index < -0.39 is 21.7 Å². The van der Waals surface area contributed by atoms with Crippen LogP contribution in [0.15, 0.2) is 0 Å². The van der Waals surface area contributed by atoms with Crippen LogP contribution in [0.1, 0.15) is 257 Å². The number of hydrogen-bond acceptors (Lipinski definition) is 8. The summed E-state index contributed by atoms with van der Waals surface area (Å²) in [6, 6.07) is 0. The predicted octanol–water partition coefficient (Wildman–Crippen LogP) is 11.5. The SMILES string of the molecule is OCCC1(CCO)CCCCCCCCCCCCCCCCCCCCCCCCCCCCCCCCC(CCO)(CCO)C(CCO)(CCO)C1(CCO)CCO. The normalized spacial score (nSPS) is 22.8. The molecule has 0 heterocycles. The molecule has 1 saturated carbocycles. The molecular weight excluding hydrogens is 753 g/mol. The third kappa shape index (κ3) is 20.2. The van der Waals surface area contributed by atoms with E-state index >= 15 is 0 Å². The fraction of sp³-hybridized carbons (Fsp3) is 1.00. The molecule has 1 rings (SSSR count). The Morgan fingerprint density at radius 1 is 0.183 bits per heavy atom. The molecule has 0 saturated heterocycles. The zero-order valence-corrected chi connectivity index (χ0v) is 39.5. The molecule has 1 fully saturated rings. The maximum Gasteiger partial charge on any atom is 0.0436 e. The van der Waals surface area contributed by atoms with Gasteiger partial charge in [-0.2, -0.15) is 0 Å². The average Bonchev–Trinajstić information content (AvgIpc) is 3.23. The number of hydrogen-bond donors (Lipinski definition) is 8. The standard InChI is InChI=1S/C52H104O8/c53-41-33-49(34-42-54)31-29-27-25-23-21-19-17-15-13-11-9-7-5-3-1-2-4-6-8-10-12-14-16-18-20-22-24-26-28-30-32-50(35-43-55,36-44-56)52(39-47-59,40-48-60)51(49,37-45-57)38-46-58/h53-60H,1-48H2. The molecule has 1 aliphatic rings. The number of aliphatic hydroxyl groups excluding tert-OH is 8. The Morgan fingerprint density at radius 3 is 0.450 bits per heavy atom. The molecule has 0 aliphatic heterocycles. The maximum absolute atomic E-state index is 11.0. The summed E-state index contributed by atoms with van der Waals surface area (Å²) in [4.78, 5) is 0. The molecule has 0 aromatic carbocycles. The van der Waals surface area contributed by atoms with Gasteiger partial charge in [0.15, 0.2) is 0 Å². The molecule has 0 radical (unpaired) electrons. The largest absolute Gasteiger partial charge is 0.396 e. The first-order valence-corrected chi connectivity index (χ1v) is 26.3. The summed E-state index contributed by atoms with van der Waals surface area (Å²) in [5, 5.41) is 87.5. The Bertz CT molecular complexity index is 818. The Morgan fingerprint density at radius 2 is 0.317 bits per heavy atom. The summed E-state index contributed by atoms with van der Waals surface area (Å²) in [5.41, 5.74) is -3.28. The lowest BCUT2D eigenvalue weighted by molar-refractivity contribution is -0.220. The number of aliphatic hydroxyl groups is 8. The van der Waals surface area contributed by atoms with Gasteiger partial charge in [-0.05, 0) is 85.9 Å². The molecule has 360 valence electrons. The van der Waals surface area contributed by atoms with Crippen LogP contribution in [0.4, 0.5) is 0 Å². The van der Waals surface area contributed by atoms with Gasteiger partial charge in [-0.25, -0.2) is 0 Å². The van der Waals surface area contributed by atoms with Crippen LogP contribution in [-0.2, 0) is 0 Å². The highest BCUT2D eigenvalue weighted by Crippen LogP contribution is 2.71. The first-order chi connectivity index (χ1) is 29.4. The Hall–Kier alpha value is -0.320. The third-order valence-electron chi connectivity index (χ3n) is 16.0. The van der Waals surface area contributed by atoms with Gasteiger partial charge in [-0.3, -0.25) is 0 Å². The van der Waals surface area contributed by atoms with E-state index in [9.17, 15) is 40.9 Å². The summed E-state index contributed by atoms with van der Waals surface area (Å²) in [6.07, 6.45) is 42.1. The van der Waals surface area contributed by atoms with Crippen molar-refractivity contribution >= 4 is 0 Å². The molecule has 60 heavy (non-hydrogen) atoms. The van der Waals surface area contributed by atoms with Crippen molar-refractivity contribution in [2.75, 3.05) is 52.9 Å². The maximum atomic E-state index is 11.0. The monoisotopic (exact) mass is 857 g/mol. The lowest BCUT2D eigenvalue weighted by Gasteiger charge is -2.68. The molecule has 0 atom stereocenters. The minimum atomic E-state index is -0.916. The van der Waals surface area contributed by atoms with E-state index in [1.807, 2.05) is 0 Å². The van der Waals surface area contributed by atoms with E-state index in [2.05, 4.69) is 0 Å². The van der Waals surface area contributed by atoms with Crippen molar-refractivity contribution in [3.8, 4) is 0 Å². The lowest BCUT2D eigenvalue weighted by Crippen LogP contribution is -2.63. The van der Waals surface area contributed by atoms with Crippen LogP contribution in [0.2, 0.25) is 0 Å². The van der Waals surface area contributed by atoms with Crippen molar-refractivity contribution < 1.29 is 40.9 Å². The van der Waals surface area contributed by atoms with E-state index in [1.165, 1.54) is 154 Å². The van der Waals surface area contributed by atoms with Gasteiger partial charge < -0.3 is 40.9 Å². The van der Waals surface area contributed by atoms with Gasteiger partial charge >= 0.3 is 0 Å². The first-order valence-electron chi connectivity index (χ1n) is 26.3. The van der Waals surface area contributed by atoms with Gasteiger partial charge in [0, 0.05) is 52.9 Å². The van der Waals surface area contributed by atoms with E-state index in [4.69, 9.17) is 0 Å². The fourth-order valence-corrected chi connectivity index (χ4v) is 13.0. The van der Waals surface area contributed by atoms with Crippen LogP contribution in [0, 0.1) is 21.7 Å². The van der Waals surface area contributed by atoms with E-state index in [0.717, 1.165) is 38.5 Å². The molecule has 0 aromatic heterocycles. The molecule has 1 aliphatic carbocycles. The van der Waals surface area contributed by atoms with Crippen molar-refractivity contribution in [3.63, 3.8) is 0 Å². The van der Waals surface area contributed by atoms with Crippen molar-refractivity contribution in [2.45, 2.75) is 257 Å². The van der Waals surface area contributed by atoms with E-state index in [1.54, 1.807) is 0 Å². The van der Waals surface area contributed by atoms with Crippen molar-refractivity contribution in [1.82, 2.24) is 0 Å². The molecule has 8 N–H and O–H groups in total. The van der Waals surface area contributed by atoms with Gasteiger partial charge in [0.05, 0.1) is 0 Å². The van der Waals surface area contributed by atoms with Gasteiger partial charge in [0.25, 0.3) is 0 Å². The highest BCUT2D eigenvalue weighted by molar-refractivity contribution is 5.14. The van der Waals surface area contributed by atoms with Crippen molar-refractivity contribution in [2.24, 2.45) is 21.7 Å². The van der Waals surface area contributed by atoms with Crippen LogP contribution in [0.5, 0.6) is 0 Å². The summed E-state index contributed by atoms with van der Waals surface area (Å²) >= 11 is 0. The van der Waals surface area contributed by atoms with E-state index in [-0.39, 0.29) is 78.5 Å². The fourth-order valence-electron chi connectivity index (χ4n) is 13.0. The topological polar surface area (TPSA) is 162 Å². The molecule has 8 heteroatoms. The minimum Gasteiger partial charge on any atom is -0.396 e. The van der Waals surface area contributed by atoms with Crippen LogP contribution < -0.4 is 0 Å². The second-order valence-corrected chi connectivity index (χ2v) is 19.6. The third-order valence-corrected chi connectivity index (χ3v) is 16.0. The molecule has 0 spiro atoms.